The average molecular weight is 358 g/mol. The molecule has 0 N–H and O–H groups in total. The average Bonchev–Trinajstić information content (AvgIpc) is 2.81. The Labute approximate surface area is 161 Å². The largest absolute Gasteiger partial charge is 0.307 e. The van der Waals surface area contributed by atoms with Crippen molar-refractivity contribution in [3.8, 4) is 17.3 Å². The summed E-state index contributed by atoms with van der Waals surface area (Å²) in [5.41, 5.74) is 4.29. The molecule has 0 radical (unpaired) electrons. The molecule has 3 rings (SSSR count). The Kier molecular flexibility index (Phi) is 6.08. The molecule has 0 atom stereocenters. The molecule has 0 saturated carbocycles. The Morgan fingerprint density at radius 3 is 2.48 bits per heavy atom. The summed E-state index contributed by atoms with van der Waals surface area (Å²) < 4.78 is 1.79. The van der Waals surface area contributed by atoms with E-state index in [0.29, 0.717) is 12.5 Å². The highest BCUT2D eigenvalue weighted by Gasteiger charge is 2.20. The van der Waals surface area contributed by atoms with Gasteiger partial charge < -0.3 is 4.57 Å². The van der Waals surface area contributed by atoms with E-state index in [1.54, 1.807) is 4.57 Å². The van der Waals surface area contributed by atoms with Crippen LogP contribution >= 0.6 is 0 Å². The smallest absolute Gasteiger partial charge is 0.269 e. The Balaban J connectivity index is 1.75. The maximum atomic E-state index is 12.7. The number of aryl methyl sites for hydroxylation is 1. The summed E-state index contributed by atoms with van der Waals surface area (Å²) in [6.07, 6.45) is 4.17. The molecule has 1 aliphatic heterocycles. The van der Waals surface area contributed by atoms with E-state index in [1.807, 2.05) is 18.2 Å². The number of rotatable bonds is 7. The van der Waals surface area contributed by atoms with Crippen LogP contribution in [0.15, 0.2) is 59.4 Å². The quantitative estimate of drug-likeness (QED) is 0.534. The van der Waals surface area contributed by atoms with Crippen molar-refractivity contribution in [2.45, 2.75) is 52.0 Å². The molecule has 2 aliphatic rings. The zero-order valence-corrected chi connectivity index (χ0v) is 16.1. The second-order valence-corrected chi connectivity index (χ2v) is 7.36. The molecule has 0 bridgehead atoms. The molecule has 0 amide bonds. The fourth-order valence-corrected chi connectivity index (χ4v) is 3.53. The number of hydrogen-bond donors (Lipinski definition) is 0. The first-order valence-electron chi connectivity index (χ1n) is 9.72. The molecule has 27 heavy (non-hydrogen) atoms. The van der Waals surface area contributed by atoms with Crippen molar-refractivity contribution in [3.05, 3.63) is 81.6 Å². The minimum Gasteiger partial charge on any atom is -0.307 e. The van der Waals surface area contributed by atoms with E-state index in [9.17, 15) is 10.1 Å². The fourth-order valence-electron chi connectivity index (χ4n) is 3.53. The maximum absolute atomic E-state index is 12.7. The molecule has 0 unspecified atom stereocenters. The maximum Gasteiger partial charge on any atom is 0.269 e. The van der Waals surface area contributed by atoms with Gasteiger partial charge in [0.2, 0.25) is 0 Å². The molecule has 3 heteroatoms. The number of nitrogens with zero attached hydrogens (tertiary/aromatic N) is 2. The van der Waals surface area contributed by atoms with E-state index in [-0.39, 0.29) is 11.1 Å². The van der Waals surface area contributed by atoms with Crippen molar-refractivity contribution < 1.29 is 0 Å². The van der Waals surface area contributed by atoms with Gasteiger partial charge in [-0.25, -0.2) is 0 Å². The minimum atomic E-state index is -0.156. The topological polar surface area (TPSA) is 45.8 Å². The van der Waals surface area contributed by atoms with Gasteiger partial charge in [0.25, 0.3) is 5.56 Å². The van der Waals surface area contributed by atoms with Crippen molar-refractivity contribution in [1.29, 1.82) is 5.26 Å². The first-order valence-corrected chi connectivity index (χ1v) is 9.72. The minimum absolute atomic E-state index is 0.156. The van der Waals surface area contributed by atoms with Crippen LogP contribution in [0.2, 0.25) is 0 Å². The van der Waals surface area contributed by atoms with Crippen LogP contribution in [0, 0.1) is 11.3 Å². The molecule has 0 fully saturated rings. The fraction of sp³-hybridized carbons (Fsp3) is 0.333. The first kappa shape index (κ1) is 18.9. The molecule has 0 aromatic heterocycles. The third-order valence-corrected chi connectivity index (χ3v) is 5.12. The third kappa shape index (κ3) is 4.28. The Morgan fingerprint density at radius 2 is 1.78 bits per heavy atom. The zero-order valence-electron chi connectivity index (χ0n) is 16.1. The van der Waals surface area contributed by atoms with Gasteiger partial charge in [0.1, 0.15) is 11.6 Å². The van der Waals surface area contributed by atoms with Gasteiger partial charge in [0.15, 0.2) is 0 Å². The highest BCUT2D eigenvalue weighted by molar-refractivity contribution is 5.70. The number of fused-ring (bicyclic) bond motifs is 1. The SMILES string of the molecule is CC(C)c1cccc2c(C#N)c(=O)n(CCCCCc3ccccc3)c-2c1. The van der Waals surface area contributed by atoms with Crippen LogP contribution in [0.25, 0.3) is 11.3 Å². The van der Waals surface area contributed by atoms with E-state index in [0.717, 1.165) is 36.9 Å². The summed E-state index contributed by atoms with van der Waals surface area (Å²) in [4.78, 5) is 12.7. The van der Waals surface area contributed by atoms with Crippen molar-refractivity contribution in [2.24, 2.45) is 0 Å². The van der Waals surface area contributed by atoms with Gasteiger partial charge in [-0.3, -0.25) is 4.79 Å². The number of nitriles is 1. The second-order valence-electron chi connectivity index (χ2n) is 7.36. The lowest BCUT2D eigenvalue weighted by Gasteiger charge is -2.08. The molecule has 1 aromatic rings. The van der Waals surface area contributed by atoms with Crippen LogP contribution in [0.5, 0.6) is 0 Å². The van der Waals surface area contributed by atoms with Crippen LogP contribution < -0.4 is 5.56 Å². The van der Waals surface area contributed by atoms with Crippen molar-refractivity contribution >= 4 is 0 Å². The summed E-state index contributed by atoms with van der Waals surface area (Å²) in [6, 6.07) is 20.6. The Bertz CT molecular complexity index is 964. The highest BCUT2D eigenvalue weighted by atomic mass is 16.1. The molecule has 1 aromatic carbocycles. The molecule has 0 saturated heterocycles. The van der Waals surface area contributed by atoms with Crippen molar-refractivity contribution in [2.75, 3.05) is 0 Å². The third-order valence-electron chi connectivity index (χ3n) is 5.12. The van der Waals surface area contributed by atoms with Crippen LogP contribution in [0.4, 0.5) is 0 Å². The van der Waals surface area contributed by atoms with Crippen LogP contribution in [0.3, 0.4) is 0 Å². The summed E-state index contributed by atoms with van der Waals surface area (Å²) in [7, 11) is 0. The van der Waals surface area contributed by atoms with E-state index in [2.05, 4.69) is 56.3 Å². The molecule has 1 heterocycles. The summed E-state index contributed by atoms with van der Waals surface area (Å²) in [6.45, 7) is 4.94. The normalized spacial score (nSPS) is 11.0. The van der Waals surface area contributed by atoms with Gasteiger partial charge >= 0.3 is 0 Å². The molecule has 0 spiro atoms. The van der Waals surface area contributed by atoms with Crippen LogP contribution in [-0.4, -0.2) is 4.57 Å². The predicted molar refractivity (Wildman–Crippen MR) is 110 cm³/mol. The predicted octanol–water partition coefficient (Wildman–Crippen LogP) is 5.36. The monoisotopic (exact) mass is 358 g/mol. The number of unbranched alkanes of at least 4 members (excludes halogenated alkanes) is 2. The number of hydrogen-bond acceptors (Lipinski definition) is 2. The van der Waals surface area contributed by atoms with Gasteiger partial charge in [-0.1, -0.05) is 68.8 Å². The Hall–Kier alpha value is -2.86. The van der Waals surface area contributed by atoms with E-state index in [4.69, 9.17) is 0 Å². The Morgan fingerprint density at radius 1 is 1.00 bits per heavy atom. The molecule has 138 valence electrons. The summed E-state index contributed by atoms with van der Waals surface area (Å²) in [5, 5.41) is 9.46. The lowest BCUT2D eigenvalue weighted by Crippen LogP contribution is -2.17. The lowest BCUT2D eigenvalue weighted by atomic mass is 10.0. The standard InChI is InChI=1S/C24H26N2O/c1-18(2)20-13-9-14-21-22(17-25)24(27)26(23(21)16-20)15-8-4-7-12-19-10-5-3-6-11-19/h3,5-6,9-11,13-14,16,18H,4,7-8,12,15H2,1-2H3. The molecule has 1 aliphatic carbocycles. The van der Waals surface area contributed by atoms with Gasteiger partial charge in [0.05, 0.1) is 5.69 Å². The summed E-state index contributed by atoms with van der Waals surface area (Å²) in [5.74, 6) is 0.371. The van der Waals surface area contributed by atoms with Gasteiger partial charge in [-0.15, -0.1) is 0 Å². The van der Waals surface area contributed by atoms with Gasteiger partial charge in [0, 0.05) is 12.1 Å². The van der Waals surface area contributed by atoms with Crippen molar-refractivity contribution in [3.63, 3.8) is 0 Å². The van der Waals surface area contributed by atoms with Crippen LogP contribution in [0.1, 0.15) is 55.7 Å². The molecular weight excluding hydrogens is 332 g/mol. The molecule has 3 nitrogen and oxygen atoms in total. The summed E-state index contributed by atoms with van der Waals surface area (Å²) >= 11 is 0. The van der Waals surface area contributed by atoms with Crippen LogP contribution in [-0.2, 0) is 13.0 Å². The lowest BCUT2D eigenvalue weighted by molar-refractivity contribution is 0.583. The second kappa shape index (κ2) is 8.68. The van der Waals surface area contributed by atoms with Gasteiger partial charge in [-0.05, 0) is 42.4 Å². The zero-order chi connectivity index (χ0) is 19.2. The van der Waals surface area contributed by atoms with E-state index in [1.165, 1.54) is 11.1 Å². The highest BCUT2D eigenvalue weighted by Crippen LogP contribution is 2.27. The van der Waals surface area contributed by atoms with Crippen molar-refractivity contribution in [1.82, 2.24) is 4.57 Å². The van der Waals surface area contributed by atoms with E-state index >= 15 is 0 Å². The first-order chi connectivity index (χ1) is 13.1. The molecular formula is C24H26N2O. The van der Waals surface area contributed by atoms with Gasteiger partial charge in [-0.2, -0.15) is 5.26 Å². The number of benzene rings is 1. The number of aromatic nitrogens is 1. The van der Waals surface area contributed by atoms with E-state index < -0.39 is 0 Å².